The zero-order valence-corrected chi connectivity index (χ0v) is 17.8. The maximum Gasteiger partial charge on any atom is 0.308 e. The maximum atomic E-state index is 12.6. The van der Waals surface area contributed by atoms with Crippen LogP contribution in [0.2, 0.25) is 0 Å². The first-order chi connectivity index (χ1) is 13.3. The molecule has 150 valence electrons. The summed E-state index contributed by atoms with van der Waals surface area (Å²) in [6.07, 6.45) is 1.36. The third-order valence-electron chi connectivity index (χ3n) is 4.52. The minimum absolute atomic E-state index is 0.0248. The molecular weight excluding hydrogens is 396 g/mol. The topological polar surface area (TPSA) is 77.4 Å². The molecule has 8 heteroatoms. The number of methoxy groups -OCH3 is 1. The van der Waals surface area contributed by atoms with Gasteiger partial charge in [0.1, 0.15) is 5.75 Å². The molecule has 0 amide bonds. The number of ether oxygens (including phenoxy) is 1. The van der Waals surface area contributed by atoms with E-state index in [2.05, 4.69) is 4.72 Å². The molecule has 6 nitrogen and oxygen atoms in total. The van der Waals surface area contributed by atoms with Crippen molar-refractivity contribution >= 4 is 31.6 Å². The number of benzene rings is 2. The Kier molecular flexibility index (Phi) is 6.22. The lowest BCUT2D eigenvalue weighted by Gasteiger charge is -2.10. The van der Waals surface area contributed by atoms with Crippen LogP contribution in [0, 0.1) is 0 Å². The Labute approximate surface area is 168 Å². The van der Waals surface area contributed by atoms with Gasteiger partial charge in [-0.1, -0.05) is 29.5 Å². The van der Waals surface area contributed by atoms with Crippen LogP contribution < -0.4 is 14.3 Å². The standard InChI is InChI=1S/C20H24N2O4S2/c1-14(2)22-17-11-10-16(13-19(17)27-20(22)23)28(24,25)21-12-6-8-15-7-4-5-9-18(15)26-3/h4-5,7,9-11,13-14,21H,6,8,12H2,1-3H3. The van der Waals surface area contributed by atoms with E-state index in [0.29, 0.717) is 24.1 Å². The summed E-state index contributed by atoms with van der Waals surface area (Å²) in [6.45, 7) is 4.19. The number of nitrogens with zero attached hydrogens (tertiary/aromatic N) is 1. The van der Waals surface area contributed by atoms with Crippen molar-refractivity contribution in [3.8, 4) is 5.75 Å². The van der Waals surface area contributed by atoms with Crippen LogP contribution in [0.3, 0.4) is 0 Å². The summed E-state index contributed by atoms with van der Waals surface area (Å²) >= 11 is 1.07. The molecule has 0 unspecified atom stereocenters. The predicted octanol–water partition coefficient (Wildman–Crippen LogP) is 3.56. The molecule has 0 spiro atoms. The third-order valence-corrected chi connectivity index (χ3v) is 6.90. The van der Waals surface area contributed by atoms with Crippen molar-refractivity contribution in [1.82, 2.24) is 9.29 Å². The molecule has 0 saturated heterocycles. The number of hydrogen-bond donors (Lipinski definition) is 1. The molecule has 0 bridgehead atoms. The fraction of sp³-hybridized carbons (Fsp3) is 0.350. The van der Waals surface area contributed by atoms with Crippen LogP contribution in [-0.2, 0) is 16.4 Å². The van der Waals surface area contributed by atoms with Crippen LogP contribution in [0.1, 0.15) is 31.9 Å². The van der Waals surface area contributed by atoms with Crippen molar-refractivity contribution in [3.05, 3.63) is 57.7 Å². The molecule has 0 atom stereocenters. The lowest BCUT2D eigenvalue weighted by atomic mass is 10.1. The van der Waals surface area contributed by atoms with Gasteiger partial charge in [0.15, 0.2) is 0 Å². The third kappa shape index (κ3) is 4.29. The molecule has 3 rings (SSSR count). The van der Waals surface area contributed by atoms with Crippen molar-refractivity contribution < 1.29 is 13.2 Å². The highest BCUT2D eigenvalue weighted by Gasteiger charge is 2.17. The SMILES string of the molecule is COc1ccccc1CCCNS(=O)(=O)c1ccc2c(c1)sc(=O)n2C(C)C. The van der Waals surface area contributed by atoms with Crippen LogP contribution in [0.5, 0.6) is 5.75 Å². The minimum Gasteiger partial charge on any atom is -0.496 e. The Morgan fingerprint density at radius 1 is 1.18 bits per heavy atom. The number of aromatic nitrogens is 1. The monoisotopic (exact) mass is 420 g/mol. The summed E-state index contributed by atoms with van der Waals surface area (Å²) in [4.78, 5) is 12.2. The second-order valence-electron chi connectivity index (χ2n) is 6.77. The van der Waals surface area contributed by atoms with Gasteiger partial charge in [0, 0.05) is 12.6 Å². The van der Waals surface area contributed by atoms with E-state index in [1.54, 1.807) is 29.9 Å². The fourth-order valence-electron chi connectivity index (χ4n) is 3.15. The number of aryl methyl sites for hydroxylation is 1. The van der Waals surface area contributed by atoms with E-state index in [0.717, 1.165) is 28.2 Å². The van der Waals surface area contributed by atoms with Gasteiger partial charge in [0.2, 0.25) is 10.0 Å². The van der Waals surface area contributed by atoms with E-state index in [1.807, 2.05) is 38.1 Å². The number of nitrogens with one attached hydrogen (secondary N) is 1. The largest absolute Gasteiger partial charge is 0.496 e. The second-order valence-corrected chi connectivity index (χ2v) is 9.53. The normalized spacial score (nSPS) is 12.0. The summed E-state index contributed by atoms with van der Waals surface area (Å²) < 4.78 is 35.6. The molecule has 1 N–H and O–H groups in total. The molecule has 0 aliphatic rings. The molecule has 0 radical (unpaired) electrons. The van der Waals surface area contributed by atoms with Crippen LogP contribution >= 0.6 is 11.3 Å². The molecule has 2 aromatic carbocycles. The molecule has 0 aliphatic heterocycles. The number of fused-ring (bicyclic) bond motifs is 1. The highest BCUT2D eigenvalue weighted by atomic mass is 32.2. The van der Waals surface area contributed by atoms with E-state index in [9.17, 15) is 13.2 Å². The van der Waals surface area contributed by atoms with Crippen molar-refractivity contribution in [2.75, 3.05) is 13.7 Å². The number of thiazole rings is 1. The van der Waals surface area contributed by atoms with Gasteiger partial charge < -0.3 is 4.74 Å². The average molecular weight is 421 g/mol. The zero-order chi connectivity index (χ0) is 20.3. The first-order valence-corrected chi connectivity index (χ1v) is 11.4. The number of rotatable bonds is 8. The minimum atomic E-state index is -3.63. The quantitative estimate of drug-likeness (QED) is 0.565. The van der Waals surface area contributed by atoms with Crippen LogP contribution in [0.15, 0.2) is 52.2 Å². The van der Waals surface area contributed by atoms with E-state index in [1.165, 1.54) is 0 Å². The summed E-state index contributed by atoms with van der Waals surface area (Å²) in [5, 5.41) is 0. The molecule has 0 saturated carbocycles. The Morgan fingerprint density at radius 3 is 2.64 bits per heavy atom. The average Bonchev–Trinajstić information content (AvgIpc) is 3.00. The fourth-order valence-corrected chi connectivity index (χ4v) is 5.38. The number of para-hydroxylation sites is 1. The smallest absolute Gasteiger partial charge is 0.308 e. The van der Waals surface area contributed by atoms with Crippen LogP contribution in [0.25, 0.3) is 10.2 Å². The summed E-state index contributed by atoms with van der Waals surface area (Å²) in [7, 11) is -2.01. The van der Waals surface area contributed by atoms with E-state index in [4.69, 9.17) is 4.74 Å². The zero-order valence-electron chi connectivity index (χ0n) is 16.1. The van der Waals surface area contributed by atoms with Gasteiger partial charge in [-0.15, -0.1) is 0 Å². The summed E-state index contributed by atoms with van der Waals surface area (Å²) in [5.74, 6) is 0.806. The number of sulfonamides is 1. The molecule has 3 aromatic rings. The first kappa shape index (κ1) is 20.6. The van der Waals surface area contributed by atoms with Gasteiger partial charge in [0.25, 0.3) is 0 Å². The van der Waals surface area contributed by atoms with Crippen LogP contribution in [0.4, 0.5) is 0 Å². The molecular formula is C20H24N2O4S2. The second kappa shape index (κ2) is 8.46. The van der Waals surface area contributed by atoms with Gasteiger partial charge in [-0.3, -0.25) is 9.36 Å². The van der Waals surface area contributed by atoms with Gasteiger partial charge in [-0.05, 0) is 56.5 Å². The van der Waals surface area contributed by atoms with Crippen molar-refractivity contribution in [3.63, 3.8) is 0 Å². The molecule has 28 heavy (non-hydrogen) atoms. The number of hydrogen-bond acceptors (Lipinski definition) is 5. The molecule has 1 aromatic heterocycles. The lowest BCUT2D eigenvalue weighted by molar-refractivity contribution is 0.409. The Morgan fingerprint density at radius 2 is 1.93 bits per heavy atom. The van der Waals surface area contributed by atoms with Gasteiger partial charge in [-0.2, -0.15) is 0 Å². The van der Waals surface area contributed by atoms with Gasteiger partial charge >= 0.3 is 4.87 Å². The maximum absolute atomic E-state index is 12.6. The first-order valence-electron chi connectivity index (χ1n) is 9.10. The Balaban J connectivity index is 1.70. The Hall–Kier alpha value is -2.16. The highest BCUT2D eigenvalue weighted by Crippen LogP contribution is 2.24. The highest BCUT2D eigenvalue weighted by molar-refractivity contribution is 7.89. The molecule has 0 aliphatic carbocycles. The molecule has 1 heterocycles. The summed E-state index contributed by atoms with van der Waals surface area (Å²) in [6, 6.07) is 12.6. The van der Waals surface area contributed by atoms with E-state index >= 15 is 0 Å². The van der Waals surface area contributed by atoms with Gasteiger partial charge in [0.05, 0.1) is 22.2 Å². The van der Waals surface area contributed by atoms with Crippen molar-refractivity contribution in [1.29, 1.82) is 0 Å². The lowest BCUT2D eigenvalue weighted by Crippen LogP contribution is -2.25. The predicted molar refractivity (Wildman–Crippen MR) is 113 cm³/mol. The van der Waals surface area contributed by atoms with Crippen molar-refractivity contribution in [2.24, 2.45) is 0 Å². The summed E-state index contributed by atoms with van der Waals surface area (Å²) in [5.41, 5.74) is 1.81. The van der Waals surface area contributed by atoms with E-state index in [-0.39, 0.29) is 15.8 Å². The van der Waals surface area contributed by atoms with Crippen LogP contribution in [-0.4, -0.2) is 26.6 Å². The molecule has 0 fully saturated rings. The Bertz CT molecular complexity index is 1130. The van der Waals surface area contributed by atoms with Gasteiger partial charge in [-0.25, -0.2) is 13.1 Å². The van der Waals surface area contributed by atoms with E-state index < -0.39 is 10.0 Å². The van der Waals surface area contributed by atoms with Crippen molar-refractivity contribution in [2.45, 2.75) is 37.6 Å².